The van der Waals surface area contributed by atoms with Crippen molar-refractivity contribution in [3.8, 4) is 0 Å². The van der Waals surface area contributed by atoms with Crippen LogP contribution in [0.25, 0.3) is 10.9 Å². The number of carbonyl (C=O) groups excluding carboxylic acids is 2. The van der Waals surface area contributed by atoms with Crippen LogP contribution in [-0.2, 0) is 11.2 Å². The van der Waals surface area contributed by atoms with Gasteiger partial charge in [-0.2, -0.15) is 0 Å². The van der Waals surface area contributed by atoms with Crippen LogP contribution in [0.5, 0.6) is 0 Å². The van der Waals surface area contributed by atoms with Gasteiger partial charge in [-0.1, -0.05) is 24.3 Å². The van der Waals surface area contributed by atoms with E-state index in [1.807, 2.05) is 35.2 Å². The minimum atomic E-state index is -0.863. The number of halogens is 2. The summed E-state index contributed by atoms with van der Waals surface area (Å²) in [7, 11) is 0. The number of hydrogen-bond donors (Lipinski definition) is 1. The first-order chi connectivity index (χ1) is 15.5. The van der Waals surface area contributed by atoms with E-state index in [2.05, 4.69) is 10.3 Å². The number of amides is 2. The van der Waals surface area contributed by atoms with Crippen molar-refractivity contribution >= 4 is 22.7 Å². The number of benzene rings is 2. The molecule has 2 amide bonds. The first kappa shape index (κ1) is 21.8. The van der Waals surface area contributed by atoms with E-state index < -0.39 is 17.5 Å². The molecule has 0 spiro atoms. The molecular weight excluding hydrogens is 414 g/mol. The minimum absolute atomic E-state index is 0.0810. The number of rotatable bonds is 6. The van der Waals surface area contributed by atoms with Crippen molar-refractivity contribution < 1.29 is 18.4 Å². The summed E-state index contributed by atoms with van der Waals surface area (Å²) in [6.45, 7) is 2.52. The lowest BCUT2D eigenvalue weighted by atomic mass is 10.1. The van der Waals surface area contributed by atoms with Crippen LogP contribution >= 0.6 is 0 Å². The maximum Gasteiger partial charge on any atom is 0.256 e. The number of hydrogen-bond acceptors (Lipinski definition) is 4. The van der Waals surface area contributed by atoms with Gasteiger partial charge in [-0.3, -0.25) is 19.5 Å². The summed E-state index contributed by atoms with van der Waals surface area (Å²) < 4.78 is 26.9. The monoisotopic (exact) mass is 438 g/mol. The van der Waals surface area contributed by atoms with Gasteiger partial charge < -0.3 is 10.2 Å². The summed E-state index contributed by atoms with van der Waals surface area (Å²) in [5, 5.41) is 4.02. The third kappa shape index (κ3) is 5.08. The molecule has 0 bridgehead atoms. The Morgan fingerprint density at radius 2 is 1.78 bits per heavy atom. The Morgan fingerprint density at radius 1 is 1.00 bits per heavy atom. The highest BCUT2D eigenvalue weighted by Gasteiger charge is 2.25. The Balaban J connectivity index is 1.23. The number of fused-ring (bicyclic) bond motifs is 1. The predicted octanol–water partition coefficient (Wildman–Crippen LogP) is 2.63. The van der Waals surface area contributed by atoms with Crippen LogP contribution in [0.4, 0.5) is 8.78 Å². The molecule has 2 aromatic carbocycles. The van der Waals surface area contributed by atoms with Gasteiger partial charge in [-0.25, -0.2) is 8.78 Å². The van der Waals surface area contributed by atoms with Crippen LogP contribution in [0.1, 0.15) is 15.9 Å². The van der Waals surface area contributed by atoms with E-state index in [9.17, 15) is 18.4 Å². The highest BCUT2D eigenvalue weighted by molar-refractivity contribution is 5.94. The molecule has 1 fully saturated rings. The molecule has 0 aliphatic carbocycles. The summed E-state index contributed by atoms with van der Waals surface area (Å²) >= 11 is 0. The summed E-state index contributed by atoms with van der Waals surface area (Å²) in [5.74, 6) is -2.12. The van der Waals surface area contributed by atoms with E-state index in [-0.39, 0.29) is 18.0 Å². The zero-order chi connectivity index (χ0) is 22.5. The van der Waals surface area contributed by atoms with E-state index in [1.54, 1.807) is 6.20 Å². The standard InChI is InChI=1S/C24H24F2N4O2/c25-19-6-7-20(21(26)15-19)24(32)30-13-11-29(12-14-30)16-22(31)27-10-8-18-4-1-3-17-5-2-9-28-23(17)18/h1-7,9,15H,8,10-14,16H2,(H,27,31). The quantitative estimate of drug-likeness (QED) is 0.643. The lowest BCUT2D eigenvalue weighted by molar-refractivity contribution is -0.122. The number of aromatic nitrogens is 1. The van der Waals surface area contributed by atoms with Crippen molar-refractivity contribution in [1.29, 1.82) is 0 Å². The molecule has 8 heteroatoms. The number of piperazine rings is 1. The fraction of sp³-hybridized carbons (Fsp3) is 0.292. The molecule has 1 aliphatic heterocycles. The fourth-order valence-electron chi connectivity index (χ4n) is 3.91. The number of carbonyl (C=O) groups is 2. The topological polar surface area (TPSA) is 65.5 Å². The lowest BCUT2D eigenvalue weighted by Crippen LogP contribution is -2.51. The van der Waals surface area contributed by atoms with E-state index >= 15 is 0 Å². The lowest BCUT2D eigenvalue weighted by Gasteiger charge is -2.34. The smallest absolute Gasteiger partial charge is 0.256 e. The Bertz CT molecular complexity index is 1120. The average molecular weight is 438 g/mol. The number of pyridine rings is 1. The molecule has 4 rings (SSSR count). The Morgan fingerprint density at radius 3 is 2.56 bits per heavy atom. The van der Waals surface area contributed by atoms with Crippen LogP contribution in [0.2, 0.25) is 0 Å². The van der Waals surface area contributed by atoms with Crippen molar-refractivity contribution in [2.24, 2.45) is 0 Å². The normalized spacial score (nSPS) is 14.5. The fourth-order valence-corrected chi connectivity index (χ4v) is 3.91. The second-order valence-corrected chi connectivity index (χ2v) is 7.78. The summed E-state index contributed by atoms with van der Waals surface area (Å²) in [6, 6.07) is 12.9. The molecule has 0 atom stereocenters. The van der Waals surface area contributed by atoms with Gasteiger partial charge in [0.2, 0.25) is 5.91 Å². The van der Waals surface area contributed by atoms with Crippen LogP contribution in [-0.4, -0.2) is 65.9 Å². The van der Waals surface area contributed by atoms with Gasteiger partial charge in [0.15, 0.2) is 0 Å². The molecule has 1 aliphatic rings. The van der Waals surface area contributed by atoms with E-state index in [4.69, 9.17) is 0 Å². The van der Waals surface area contributed by atoms with E-state index in [1.165, 1.54) is 4.90 Å². The first-order valence-electron chi connectivity index (χ1n) is 10.6. The molecule has 0 unspecified atom stereocenters. The molecule has 1 aromatic heterocycles. The molecule has 1 N–H and O–H groups in total. The SMILES string of the molecule is O=C(CN1CCN(C(=O)c2ccc(F)cc2F)CC1)NCCc1cccc2cccnc12. The molecule has 6 nitrogen and oxygen atoms in total. The van der Waals surface area contributed by atoms with Gasteiger partial charge >= 0.3 is 0 Å². The molecule has 2 heterocycles. The summed E-state index contributed by atoms with van der Waals surface area (Å²) in [5.41, 5.74) is 1.90. The van der Waals surface area contributed by atoms with Gasteiger partial charge in [-0.05, 0) is 30.2 Å². The molecule has 32 heavy (non-hydrogen) atoms. The highest BCUT2D eigenvalue weighted by Crippen LogP contribution is 2.16. The number of nitrogens with zero attached hydrogens (tertiary/aromatic N) is 3. The van der Waals surface area contributed by atoms with Crippen molar-refractivity contribution in [2.75, 3.05) is 39.3 Å². The maximum absolute atomic E-state index is 13.9. The van der Waals surface area contributed by atoms with Gasteiger partial charge in [0, 0.05) is 50.4 Å². The molecule has 1 saturated heterocycles. The second-order valence-electron chi connectivity index (χ2n) is 7.78. The van der Waals surface area contributed by atoms with Crippen LogP contribution in [0.15, 0.2) is 54.7 Å². The van der Waals surface area contributed by atoms with Gasteiger partial charge in [0.05, 0.1) is 17.6 Å². The minimum Gasteiger partial charge on any atom is -0.355 e. The van der Waals surface area contributed by atoms with Crippen molar-refractivity contribution in [2.45, 2.75) is 6.42 Å². The Labute approximate surface area is 184 Å². The predicted molar refractivity (Wildman–Crippen MR) is 117 cm³/mol. The van der Waals surface area contributed by atoms with Crippen molar-refractivity contribution in [3.63, 3.8) is 0 Å². The largest absolute Gasteiger partial charge is 0.355 e. The molecule has 3 aromatic rings. The summed E-state index contributed by atoms with van der Waals surface area (Å²) in [4.78, 5) is 32.7. The third-order valence-corrected chi connectivity index (χ3v) is 5.62. The molecule has 166 valence electrons. The molecule has 0 saturated carbocycles. The van der Waals surface area contributed by atoms with Crippen LogP contribution in [0, 0.1) is 11.6 Å². The first-order valence-corrected chi connectivity index (χ1v) is 10.6. The Hall–Kier alpha value is -3.39. The average Bonchev–Trinajstić information content (AvgIpc) is 2.79. The van der Waals surface area contributed by atoms with Crippen molar-refractivity contribution in [1.82, 2.24) is 20.1 Å². The summed E-state index contributed by atoms with van der Waals surface area (Å²) in [6.07, 6.45) is 2.45. The number of para-hydroxylation sites is 1. The third-order valence-electron chi connectivity index (χ3n) is 5.62. The maximum atomic E-state index is 13.9. The molecular formula is C24H24F2N4O2. The second kappa shape index (κ2) is 9.82. The van der Waals surface area contributed by atoms with Crippen molar-refractivity contribution in [3.05, 3.63) is 77.5 Å². The van der Waals surface area contributed by atoms with Gasteiger partial charge in [0.1, 0.15) is 11.6 Å². The zero-order valence-electron chi connectivity index (χ0n) is 17.6. The highest BCUT2D eigenvalue weighted by atomic mass is 19.1. The van der Waals surface area contributed by atoms with E-state index in [0.29, 0.717) is 45.2 Å². The number of nitrogens with one attached hydrogen (secondary N) is 1. The Kier molecular flexibility index (Phi) is 6.70. The van der Waals surface area contributed by atoms with Crippen LogP contribution in [0.3, 0.4) is 0 Å². The van der Waals surface area contributed by atoms with E-state index in [0.717, 1.165) is 28.6 Å². The zero-order valence-corrected chi connectivity index (χ0v) is 17.6. The van der Waals surface area contributed by atoms with Gasteiger partial charge in [-0.15, -0.1) is 0 Å². The van der Waals surface area contributed by atoms with Crippen LogP contribution < -0.4 is 5.32 Å². The molecule has 0 radical (unpaired) electrons. The van der Waals surface area contributed by atoms with Gasteiger partial charge in [0.25, 0.3) is 5.91 Å².